The summed E-state index contributed by atoms with van der Waals surface area (Å²) in [7, 11) is 1.34. The van der Waals surface area contributed by atoms with Crippen molar-refractivity contribution in [3.63, 3.8) is 0 Å². The van der Waals surface area contributed by atoms with Crippen LogP contribution < -0.4 is 10.1 Å². The Morgan fingerprint density at radius 1 is 1.15 bits per heavy atom. The van der Waals surface area contributed by atoms with Crippen LogP contribution in [0.15, 0.2) is 54.1 Å². The molecule has 1 saturated heterocycles. The van der Waals surface area contributed by atoms with Crippen LogP contribution in [0.4, 0.5) is 9.18 Å². The SMILES string of the molecule is COC(=O)C1=C(c2ccc(F)cc2OCc2ccccc2)C[C@@H]2CC[C@H]1N2C(=O)NC(C)C. The predicted octanol–water partition coefficient (Wildman–Crippen LogP) is 4.69. The summed E-state index contributed by atoms with van der Waals surface area (Å²) < 4.78 is 25.3. The van der Waals surface area contributed by atoms with E-state index in [1.165, 1.54) is 19.2 Å². The summed E-state index contributed by atoms with van der Waals surface area (Å²) in [6.45, 7) is 4.08. The van der Waals surface area contributed by atoms with Crippen molar-refractivity contribution in [3.05, 3.63) is 71.0 Å². The highest BCUT2D eigenvalue weighted by Gasteiger charge is 2.47. The number of rotatable bonds is 6. The van der Waals surface area contributed by atoms with E-state index in [0.717, 1.165) is 17.6 Å². The summed E-state index contributed by atoms with van der Waals surface area (Å²) >= 11 is 0. The number of nitrogens with zero attached hydrogens (tertiary/aromatic N) is 1. The summed E-state index contributed by atoms with van der Waals surface area (Å²) in [6.07, 6.45) is 1.92. The molecule has 33 heavy (non-hydrogen) atoms. The molecule has 4 rings (SSSR count). The van der Waals surface area contributed by atoms with Crippen molar-refractivity contribution in [2.24, 2.45) is 0 Å². The van der Waals surface area contributed by atoms with Gasteiger partial charge >= 0.3 is 12.0 Å². The number of urea groups is 1. The molecule has 2 aromatic carbocycles. The molecule has 2 aliphatic heterocycles. The molecule has 2 atom stereocenters. The fourth-order valence-electron chi connectivity index (χ4n) is 4.77. The number of carbonyl (C=O) groups excluding carboxylic acids is 2. The van der Waals surface area contributed by atoms with E-state index in [2.05, 4.69) is 5.32 Å². The van der Waals surface area contributed by atoms with E-state index in [1.807, 2.05) is 44.2 Å². The first kappa shape index (κ1) is 22.8. The number of halogens is 1. The Labute approximate surface area is 193 Å². The van der Waals surface area contributed by atoms with Crippen molar-refractivity contribution >= 4 is 17.6 Å². The summed E-state index contributed by atoms with van der Waals surface area (Å²) in [5, 5.41) is 2.94. The van der Waals surface area contributed by atoms with Crippen molar-refractivity contribution in [1.82, 2.24) is 10.2 Å². The topological polar surface area (TPSA) is 67.9 Å². The first-order valence-electron chi connectivity index (χ1n) is 11.3. The van der Waals surface area contributed by atoms with Crippen LogP contribution in [0, 0.1) is 5.82 Å². The maximum absolute atomic E-state index is 14.2. The third kappa shape index (κ3) is 4.72. The molecular formula is C26H29FN2O4. The highest BCUT2D eigenvalue weighted by molar-refractivity contribution is 6.01. The molecule has 0 radical (unpaired) electrons. The minimum absolute atomic E-state index is 0.0149. The Morgan fingerprint density at radius 2 is 1.91 bits per heavy atom. The number of nitrogens with one attached hydrogen (secondary N) is 1. The lowest BCUT2D eigenvalue weighted by molar-refractivity contribution is -0.136. The van der Waals surface area contributed by atoms with Crippen LogP contribution in [0.1, 0.15) is 44.2 Å². The van der Waals surface area contributed by atoms with E-state index in [-0.39, 0.29) is 24.7 Å². The first-order chi connectivity index (χ1) is 15.9. The Kier molecular flexibility index (Phi) is 6.67. The average molecular weight is 453 g/mol. The molecule has 7 heteroatoms. The molecule has 2 heterocycles. The lowest BCUT2D eigenvalue weighted by Crippen LogP contribution is -2.52. The van der Waals surface area contributed by atoms with Crippen molar-refractivity contribution in [2.75, 3.05) is 7.11 Å². The van der Waals surface area contributed by atoms with Crippen molar-refractivity contribution in [1.29, 1.82) is 0 Å². The largest absolute Gasteiger partial charge is 0.488 e. The number of ether oxygens (including phenoxy) is 2. The van der Waals surface area contributed by atoms with E-state index in [0.29, 0.717) is 29.7 Å². The van der Waals surface area contributed by atoms with E-state index >= 15 is 0 Å². The maximum Gasteiger partial charge on any atom is 0.336 e. The number of esters is 1. The minimum atomic E-state index is -0.476. The number of hydrogen-bond donors (Lipinski definition) is 1. The van der Waals surface area contributed by atoms with Gasteiger partial charge in [-0.25, -0.2) is 14.0 Å². The van der Waals surface area contributed by atoms with Gasteiger partial charge in [-0.1, -0.05) is 30.3 Å². The molecule has 2 bridgehead atoms. The lowest BCUT2D eigenvalue weighted by Gasteiger charge is -2.37. The van der Waals surface area contributed by atoms with Crippen LogP contribution in [0.2, 0.25) is 0 Å². The normalized spacial score (nSPS) is 19.6. The van der Waals surface area contributed by atoms with Crippen LogP contribution in [0.5, 0.6) is 5.75 Å². The van der Waals surface area contributed by atoms with Gasteiger partial charge in [-0.05, 0) is 56.4 Å². The first-order valence-corrected chi connectivity index (χ1v) is 11.3. The van der Waals surface area contributed by atoms with Crippen molar-refractivity contribution in [3.8, 4) is 5.75 Å². The fraction of sp³-hybridized carbons (Fsp3) is 0.385. The maximum atomic E-state index is 14.2. The van der Waals surface area contributed by atoms with Crippen LogP contribution in [-0.4, -0.2) is 42.1 Å². The molecule has 2 aromatic rings. The molecule has 0 aliphatic carbocycles. The number of amides is 2. The van der Waals surface area contributed by atoms with Gasteiger partial charge in [0.1, 0.15) is 18.2 Å². The van der Waals surface area contributed by atoms with E-state index in [9.17, 15) is 14.0 Å². The molecule has 0 spiro atoms. The summed E-state index contributed by atoms with van der Waals surface area (Å²) in [5.74, 6) is -0.524. The van der Waals surface area contributed by atoms with Gasteiger partial charge in [0.25, 0.3) is 0 Å². The number of methoxy groups -OCH3 is 1. The van der Waals surface area contributed by atoms with Crippen molar-refractivity contribution in [2.45, 2.75) is 57.8 Å². The van der Waals surface area contributed by atoms with Crippen LogP contribution in [0.25, 0.3) is 5.57 Å². The smallest absolute Gasteiger partial charge is 0.336 e. The van der Waals surface area contributed by atoms with Crippen LogP contribution in [0.3, 0.4) is 0 Å². The molecule has 1 N–H and O–H groups in total. The highest BCUT2D eigenvalue weighted by atomic mass is 19.1. The van der Waals surface area contributed by atoms with Gasteiger partial charge in [0.15, 0.2) is 0 Å². The third-order valence-electron chi connectivity index (χ3n) is 6.16. The Balaban J connectivity index is 1.73. The predicted molar refractivity (Wildman–Crippen MR) is 123 cm³/mol. The summed E-state index contributed by atoms with van der Waals surface area (Å²) in [4.78, 5) is 27.6. The summed E-state index contributed by atoms with van der Waals surface area (Å²) in [5.41, 5.74) is 2.82. The van der Waals surface area contributed by atoms with Gasteiger partial charge in [0.2, 0.25) is 0 Å². The lowest BCUT2D eigenvalue weighted by atomic mass is 9.88. The summed E-state index contributed by atoms with van der Waals surface area (Å²) in [6, 6.07) is 13.3. The minimum Gasteiger partial charge on any atom is -0.488 e. The zero-order valence-electron chi connectivity index (χ0n) is 19.1. The molecule has 0 saturated carbocycles. The van der Waals surface area contributed by atoms with Crippen LogP contribution >= 0.6 is 0 Å². The van der Waals surface area contributed by atoms with E-state index < -0.39 is 17.8 Å². The highest BCUT2D eigenvalue weighted by Crippen LogP contribution is 2.45. The fourth-order valence-corrected chi connectivity index (χ4v) is 4.77. The van der Waals surface area contributed by atoms with E-state index in [1.54, 1.807) is 11.0 Å². The molecule has 0 aromatic heterocycles. The Hall–Kier alpha value is -3.35. The second kappa shape index (κ2) is 9.65. The van der Waals surface area contributed by atoms with Gasteiger partial charge in [-0.15, -0.1) is 0 Å². The van der Waals surface area contributed by atoms with Crippen molar-refractivity contribution < 1.29 is 23.5 Å². The van der Waals surface area contributed by atoms with E-state index in [4.69, 9.17) is 9.47 Å². The molecule has 1 fully saturated rings. The number of carbonyl (C=O) groups is 2. The quantitative estimate of drug-likeness (QED) is 0.646. The Morgan fingerprint density at radius 3 is 2.61 bits per heavy atom. The van der Waals surface area contributed by atoms with Gasteiger partial charge in [-0.2, -0.15) is 0 Å². The van der Waals surface area contributed by atoms with Gasteiger partial charge in [-0.3, -0.25) is 0 Å². The molecule has 174 valence electrons. The molecule has 2 aliphatic rings. The number of hydrogen-bond acceptors (Lipinski definition) is 4. The standard InChI is InChI=1S/C26H29FN2O4/c1-16(2)28-26(31)29-19-10-12-22(29)24(25(30)32-3)21(14-19)20-11-9-18(27)13-23(20)33-15-17-7-5-4-6-8-17/h4-9,11,13,16,19,22H,10,12,14-15H2,1-3H3,(H,28,31)/t19-,22+/m0/s1. The average Bonchev–Trinajstić information content (AvgIpc) is 3.11. The Bertz CT molecular complexity index is 1070. The third-order valence-corrected chi connectivity index (χ3v) is 6.16. The molecule has 2 amide bonds. The van der Waals surface area contributed by atoms with Crippen LogP contribution in [-0.2, 0) is 16.1 Å². The zero-order valence-corrected chi connectivity index (χ0v) is 19.1. The second-order valence-electron chi connectivity index (χ2n) is 8.76. The monoisotopic (exact) mass is 452 g/mol. The van der Waals surface area contributed by atoms with Gasteiger partial charge in [0, 0.05) is 23.7 Å². The number of fused-ring (bicyclic) bond motifs is 2. The number of benzene rings is 2. The molecule has 0 unspecified atom stereocenters. The molecule has 6 nitrogen and oxygen atoms in total. The van der Waals surface area contributed by atoms with Gasteiger partial charge in [0.05, 0.1) is 18.7 Å². The molecular weight excluding hydrogens is 423 g/mol. The zero-order chi connectivity index (χ0) is 23.5. The second-order valence-corrected chi connectivity index (χ2v) is 8.76. The van der Waals surface area contributed by atoms with Gasteiger partial charge < -0.3 is 19.7 Å².